The van der Waals surface area contributed by atoms with Gasteiger partial charge in [-0.1, -0.05) is 29.9 Å². The Kier molecular flexibility index (Phi) is 5.51. The van der Waals surface area contributed by atoms with Crippen molar-refractivity contribution in [3.05, 3.63) is 58.7 Å². The first kappa shape index (κ1) is 20.8. The second-order valence-electron chi connectivity index (χ2n) is 8.94. The van der Waals surface area contributed by atoms with Crippen LogP contribution >= 0.6 is 0 Å². The van der Waals surface area contributed by atoms with Crippen molar-refractivity contribution in [3.63, 3.8) is 0 Å². The molecule has 2 amide bonds. The molecule has 1 aromatic carbocycles. The Balaban J connectivity index is 1.40. The van der Waals surface area contributed by atoms with Crippen molar-refractivity contribution in [1.82, 2.24) is 9.80 Å². The van der Waals surface area contributed by atoms with E-state index < -0.39 is 23.1 Å². The zero-order valence-electron chi connectivity index (χ0n) is 17.6. The van der Waals surface area contributed by atoms with E-state index in [2.05, 4.69) is 6.08 Å². The molecule has 2 heterocycles. The highest BCUT2D eigenvalue weighted by Gasteiger charge is 2.44. The summed E-state index contributed by atoms with van der Waals surface area (Å²) in [5.41, 5.74) is 0.900. The van der Waals surface area contributed by atoms with Gasteiger partial charge in [-0.3, -0.25) is 9.59 Å². The lowest BCUT2D eigenvalue weighted by atomic mass is 9.77. The molecule has 6 heteroatoms. The molecule has 160 valence electrons. The molecular weight excluding hydrogens is 386 g/mol. The van der Waals surface area contributed by atoms with Gasteiger partial charge in [0.2, 0.25) is 5.91 Å². The number of nitrogens with zero attached hydrogens (tertiary/aromatic N) is 2. The minimum atomic E-state index is -0.815. The summed E-state index contributed by atoms with van der Waals surface area (Å²) < 4.78 is 28.5. The quantitative estimate of drug-likeness (QED) is 0.679. The topological polar surface area (TPSA) is 40.6 Å². The van der Waals surface area contributed by atoms with E-state index in [4.69, 9.17) is 0 Å². The van der Waals surface area contributed by atoms with Crippen molar-refractivity contribution in [1.29, 1.82) is 0 Å². The predicted octanol–water partition coefficient (Wildman–Crippen LogP) is 4.25. The molecule has 1 aliphatic carbocycles. The van der Waals surface area contributed by atoms with Crippen LogP contribution in [0.25, 0.3) is 0 Å². The fourth-order valence-electron chi connectivity index (χ4n) is 4.95. The van der Waals surface area contributed by atoms with Crippen molar-refractivity contribution in [2.75, 3.05) is 26.2 Å². The summed E-state index contributed by atoms with van der Waals surface area (Å²) in [6.45, 7) is 5.86. The highest BCUT2D eigenvalue weighted by Crippen LogP contribution is 2.41. The van der Waals surface area contributed by atoms with Gasteiger partial charge in [-0.15, -0.1) is 0 Å². The first-order valence-corrected chi connectivity index (χ1v) is 10.7. The smallest absolute Gasteiger partial charge is 0.259 e. The third kappa shape index (κ3) is 3.68. The molecule has 2 aliphatic heterocycles. The Labute approximate surface area is 176 Å². The number of piperidine rings is 1. The summed E-state index contributed by atoms with van der Waals surface area (Å²) in [4.78, 5) is 29.3. The fraction of sp³-hybridized carbons (Fsp3) is 0.500. The molecule has 2 fully saturated rings. The molecule has 0 saturated carbocycles. The summed E-state index contributed by atoms with van der Waals surface area (Å²) in [7, 11) is 0. The molecule has 4 rings (SSSR count). The minimum absolute atomic E-state index is 0.00780. The van der Waals surface area contributed by atoms with Crippen LogP contribution in [-0.2, 0) is 4.79 Å². The van der Waals surface area contributed by atoms with E-state index in [-0.39, 0.29) is 22.8 Å². The van der Waals surface area contributed by atoms with Gasteiger partial charge < -0.3 is 9.80 Å². The average Bonchev–Trinajstić information content (AvgIpc) is 3.15. The maximum absolute atomic E-state index is 14.4. The number of allylic oxidation sites excluding steroid dienone is 2. The Morgan fingerprint density at radius 2 is 1.70 bits per heavy atom. The Bertz CT molecular complexity index is 929. The number of likely N-dealkylation sites (tertiary alicyclic amines) is 2. The largest absolute Gasteiger partial charge is 0.341 e. The Morgan fingerprint density at radius 1 is 1.03 bits per heavy atom. The van der Waals surface area contributed by atoms with Gasteiger partial charge in [0.05, 0.1) is 5.92 Å². The molecule has 0 radical (unpaired) electrons. The molecule has 0 bridgehead atoms. The van der Waals surface area contributed by atoms with Crippen LogP contribution in [0, 0.1) is 29.9 Å². The molecular formula is C24H28F2N2O2. The van der Waals surface area contributed by atoms with Crippen LogP contribution in [0.2, 0.25) is 0 Å². The average molecular weight is 414 g/mol. The molecule has 0 N–H and O–H groups in total. The highest BCUT2D eigenvalue weighted by atomic mass is 19.1. The summed E-state index contributed by atoms with van der Waals surface area (Å²) in [6, 6.07) is 2.49. The molecule has 1 aromatic rings. The lowest BCUT2D eigenvalue weighted by molar-refractivity contribution is -0.132. The number of hydrogen-bond donors (Lipinski definition) is 0. The maximum atomic E-state index is 14.4. The molecule has 3 aliphatic rings. The van der Waals surface area contributed by atoms with E-state index in [0.717, 1.165) is 43.9 Å². The van der Waals surface area contributed by atoms with Crippen molar-refractivity contribution in [3.8, 4) is 0 Å². The van der Waals surface area contributed by atoms with Gasteiger partial charge in [-0.2, -0.15) is 0 Å². The van der Waals surface area contributed by atoms with Crippen LogP contribution in [0.5, 0.6) is 0 Å². The van der Waals surface area contributed by atoms with Crippen LogP contribution in [0.4, 0.5) is 8.78 Å². The fourth-order valence-corrected chi connectivity index (χ4v) is 4.95. The molecule has 1 atom stereocenters. The summed E-state index contributed by atoms with van der Waals surface area (Å²) in [6.07, 6.45) is 9.41. The van der Waals surface area contributed by atoms with E-state index in [9.17, 15) is 18.4 Å². The SMILES string of the molecule is CC1=CCC=CC1C(=O)N1CCC2(CCN(C(=O)c3c(F)ccc(C)c3F)CC2)C1. The number of rotatable bonds is 2. The molecule has 2 saturated heterocycles. The zero-order chi connectivity index (χ0) is 21.5. The number of carbonyl (C=O) groups is 2. The van der Waals surface area contributed by atoms with Crippen molar-refractivity contribution in [2.45, 2.75) is 39.5 Å². The second kappa shape index (κ2) is 7.97. The first-order valence-electron chi connectivity index (χ1n) is 10.7. The monoisotopic (exact) mass is 414 g/mol. The van der Waals surface area contributed by atoms with E-state index in [0.29, 0.717) is 19.6 Å². The summed E-state index contributed by atoms with van der Waals surface area (Å²) >= 11 is 0. The number of carbonyl (C=O) groups excluding carboxylic acids is 2. The lowest BCUT2D eigenvalue weighted by Crippen LogP contribution is -2.45. The van der Waals surface area contributed by atoms with E-state index in [1.54, 1.807) is 4.90 Å². The molecule has 0 aromatic heterocycles. The third-order valence-electron chi connectivity index (χ3n) is 7.02. The number of hydrogen-bond acceptors (Lipinski definition) is 2. The van der Waals surface area contributed by atoms with E-state index in [1.807, 2.05) is 24.0 Å². The molecule has 1 spiro atoms. The molecule has 4 nitrogen and oxygen atoms in total. The second-order valence-corrected chi connectivity index (χ2v) is 8.94. The van der Waals surface area contributed by atoms with Crippen LogP contribution in [-0.4, -0.2) is 47.8 Å². The van der Waals surface area contributed by atoms with Gasteiger partial charge in [-0.25, -0.2) is 8.78 Å². The van der Waals surface area contributed by atoms with Crippen molar-refractivity contribution < 1.29 is 18.4 Å². The van der Waals surface area contributed by atoms with E-state index >= 15 is 0 Å². The number of benzene rings is 1. The van der Waals surface area contributed by atoms with Gasteiger partial charge in [0.1, 0.15) is 17.2 Å². The molecule has 1 unspecified atom stereocenters. The lowest BCUT2D eigenvalue weighted by Gasteiger charge is -2.39. The minimum Gasteiger partial charge on any atom is -0.341 e. The van der Waals surface area contributed by atoms with Crippen LogP contribution in [0.15, 0.2) is 35.9 Å². The summed E-state index contributed by atoms with van der Waals surface area (Å²) in [5.74, 6) is -2.18. The maximum Gasteiger partial charge on any atom is 0.259 e. The van der Waals surface area contributed by atoms with Gasteiger partial charge >= 0.3 is 0 Å². The van der Waals surface area contributed by atoms with Gasteiger partial charge in [0.25, 0.3) is 5.91 Å². The molecule has 30 heavy (non-hydrogen) atoms. The number of amides is 2. The number of aryl methyl sites for hydroxylation is 1. The van der Waals surface area contributed by atoms with Gasteiger partial charge in [0.15, 0.2) is 0 Å². The zero-order valence-corrected chi connectivity index (χ0v) is 17.6. The Hall–Kier alpha value is -2.50. The summed E-state index contributed by atoms with van der Waals surface area (Å²) in [5, 5.41) is 0. The standard InChI is InChI=1S/C24H28F2N2O2/c1-16-5-3-4-6-18(16)22(29)28-14-11-24(15-28)9-12-27(13-10-24)23(30)20-19(25)8-7-17(2)21(20)26/h4-8,18H,3,9-15H2,1-2H3. The highest BCUT2D eigenvalue weighted by molar-refractivity contribution is 5.95. The predicted molar refractivity (Wildman–Crippen MR) is 111 cm³/mol. The Morgan fingerprint density at radius 3 is 2.37 bits per heavy atom. The van der Waals surface area contributed by atoms with Crippen molar-refractivity contribution >= 4 is 11.8 Å². The van der Waals surface area contributed by atoms with Gasteiger partial charge in [0, 0.05) is 26.2 Å². The third-order valence-corrected chi connectivity index (χ3v) is 7.02. The first-order chi connectivity index (χ1) is 14.3. The van der Waals surface area contributed by atoms with Crippen molar-refractivity contribution in [2.24, 2.45) is 11.3 Å². The van der Waals surface area contributed by atoms with Gasteiger partial charge in [-0.05, 0) is 56.6 Å². The van der Waals surface area contributed by atoms with E-state index in [1.165, 1.54) is 13.0 Å². The van der Waals surface area contributed by atoms with Crippen LogP contribution in [0.1, 0.15) is 48.5 Å². The normalized spacial score (nSPS) is 23.1. The van der Waals surface area contributed by atoms with Crippen LogP contribution < -0.4 is 0 Å². The number of halogens is 2. The van der Waals surface area contributed by atoms with Crippen LogP contribution in [0.3, 0.4) is 0 Å².